The third kappa shape index (κ3) is 3.29. The van der Waals surface area contributed by atoms with Crippen LogP contribution in [0, 0.1) is 0 Å². The Morgan fingerprint density at radius 1 is 1.25 bits per heavy atom. The van der Waals surface area contributed by atoms with Crippen LogP contribution in [-0.4, -0.2) is 36.0 Å². The van der Waals surface area contributed by atoms with E-state index in [1.54, 1.807) is 30.5 Å². The van der Waals surface area contributed by atoms with E-state index in [2.05, 4.69) is 4.98 Å². The van der Waals surface area contributed by atoms with Crippen LogP contribution in [0.15, 0.2) is 42.6 Å². The molecule has 3 rings (SSSR count). The smallest absolute Gasteiger partial charge is 0.206 e. The number of hydrogen-bond acceptors (Lipinski definition) is 5. The van der Waals surface area contributed by atoms with Gasteiger partial charge in [0.1, 0.15) is 15.9 Å². The first kappa shape index (κ1) is 16.9. The molecule has 0 amide bonds. The second-order valence-corrected chi connectivity index (χ2v) is 7.07. The number of ether oxygens (including phenoxy) is 1. The lowest BCUT2D eigenvalue weighted by Gasteiger charge is -2.21. The molecule has 1 aromatic carbocycles. The largest absolute Gasteiger partial charge is 0.473 e. The fourth-order valence-electron chi connectivity index (χ4n) is 2.19. The molecule has 0 aliphatic heterocycles. The van der Waals surface area contributed by atoms with Crippen molar-refractivity contribution >= 4 is 38.9 Å². The van der Waals surface area contributed by atoms with Gasteiger partial charge in [-0.2, -0.15) is 0 Å². The average molecular weight is 361 g/mol. The maximum absolute atomic E-state index is 12.9. The molecule has 0 N–H and O–H groups in total. The van der Waals surface area contributed by atoms with Gasteiger partial charge in [0.15, 0.2) is 5.75 Å². The molecule has 1 atom stereocenters. The first-order valence-corrected chi connectivity index (χ1v) is 8.67. The Morgan fingerprint density at radius 2 is 1.96 bits per heavy atom. The van der Waals surface area contributed by atoms with Gasteiger partial charge in [0, 0.05) is 16.8 Å². The molecule has 3 aromatic rings. The Kier molecular flexibility index (Phi) is 4.85. The van der Waals surface area contributed by atoms with E-state index in [1.807, 2.05) is 38.1 Å². The minimum absolute atomic E-state index is 0.0874. The summed E-state index contributed by atoms with van der Waals surface area (Å²) in [4.78, 5) is 20.6. The Balaban J connectivity index is 2.09. The highest BCUT2D eigenvalue weighted by Crippen LogP contribution is 2.38. The predicted molar refractivity (Wildman–Crippen MR) is 98.3 cm³/mol. The zero-order chi connectivity index (χ0) is 17.3. The summed E-state index contributed by atoms with van der Waals surface area (Å²) in [5.74, 6) is 0.500. The normalized spacial score (nSPS) is 12.5. The summed E-state index contributed by atoms with van der Waals surface area (Å²) in [6.07, 6.45) is 1.55. The summed E-state index contributed by atoms with van der Waals surface area (Å²) >= 11 is 7.26. The quantitative estimate of drug-likeness (QED) is 0.497. The van der Waals surface area contributed by atoms with Crippen LogP contribution >= 0.6 is 22.9 Å². The molecule has 1 unspecified atom stereocenters. The van der Waals surface area contributed by atoms with Gasteiger partial charge in [-0.25, -0.2) is 4.98 Å². The third-order valence-electron chi connectivity index (χ3n) is 3.75. The van der Waals surface area contributed by atoms with Crippen LogP contribution in [0.4, 0.5) is 0 Å². The van der Waals surface area contributed by atoms with Crippen molar-refractivity contribution in [3.63, 3.8) is 0 Å². The molecule has 4 nitrogen and oxygen atoms in total. The number of nitrogens with zero attached hydrogens (tertiary/aromatic N) is 2. The van der Waals surface area contributed by atoms with Crippen LogP contribution in [0.25, 0.3) is 10.2 Å². The molecule has 0 saturated heterocycles. The van der Waals surface area contributed by atoms with Crippen molar-refractivity contribution in [2.45, 2.75) is 13.2 Å². The molecule has 24 heavy (non-hydrogen) atoms. The first-order chi connectivity index (χ1) is 11.5. The lowest BCUT2D eigenvalue weighted by molar-refractivity contribution is 0.0813. The highest BCUT2D eigenvalue weighted by Gasteiger charge is 2.23. The van der Waals surface area contributed by atoms with Crippen LogP contribution in [0.5, 0.6) is 5.75 Å². The monoisotopic (exact) mass is 360 g/mol. The maximum atomic E-state index is 12.9. The first-order valence-electron chi connectivity index (χ1n) is 7.48. The molecule has 0 spiro atoms. The van der Waals surface area contributed by atoms with E-state index in [0.717, 1.165) is 10.2 Å². The number of hydrogen-bond donors (Lipinski definition) is 0. The topological polar surface area (TPSA) is 42.4 Å². The molecule has 124 valence electrons. The zero-order valence-electron chi connectivity index (χ0n) is 13.6. The molecule has 6 heteroatoms. The van der Waals surface area contributed by atoms with E-state index in [-0.39, 0.29) is 12.0 Å². The number of rotatable bonds is 5. The number of aromatic nitrogens is 1. The van der Waals surface area contributed by atoms with Crippen molar-refractivity contribution in [3.05, 3.63) is 58.1 Å². The van der Waals surface area contributed by atoms with Gasteiger partial charge in [0.2, 0.25) is 5.78 Å². The van der Waals surface area contributed by atoms with Crippen LogP contribution in [0.3, 0.4) is 0 Å². The van der Waals surface area contributed by atoms with Crippen molar-refractivity contribution < 1.29 is 9.53 Å². The number of carbonyl (C=O) groups is 1. The Hall–Kier alpha value is -1.95. The second-order valence-electron chi connectivity index (χ2n) is 5.63. The van der Waals surface area contributed by atoms with E-state index >= 15 is 0 Å². The van der Waals surface area contributed by atoms with E-state index in [1.165, 1.54) is 11.3 Å². The van der Waals surface area contributed by atoms with E-state index in [9.17, 15) is 4.79 Å². The molecule has 0 saturated carbocycles. The number of thiophene rings is 1. The molecule has 0 aliphatic carbocycles. The van der Waals surface area contributed by atoms with Gasteiger partial charge in [0.25, 0.3) is 0 Å². The summed E-state index contributed by atoms with van der Waals surface area (Å²) in [6.45, 7) is 1.94. The number of ketones is 1. The summed E-state index contributed by atoms with van der Waals surface area (Å²) in [7, 11) is 3.86. The molecule has 0 aliphatic rings. The minimum Gasteiger partial charge on any atom is -0.473 e. The van der Waals surface area contributed by atoms with Gasteiger partial charge in [-0.05, 0) is 57.4 Å². The van der Waals surface area contributed by atoms with E-state index < -0.39 is 0 Å². The van der Waals surface area contributed by atoms with Gasteiger partial charge in [-0.15, -0.1) is 11.3 Å². The predicted octanol–water partition coefficient (Wildman–Crippen LogP) is 4.47. The molecule has 0 radical (unpaired) electrons. The van der Waals surface area contributed by atoms with Gasteiger partial charge in [-0.1, -0.05) is 11.6 Å². The number of pyridine rings is 1. The van der Waals surface area contributed by atoms with Crippen LogP contribution in [0.1, 0.15) is 22.2 Å². The average Bonchev–Trinajstić information content (AvgIpc) is 2.93. The Labute approximate surface area is 149 Å². The summed E-state index contributed by atoms with van der Waals surface area (Å²) in [5.41, 5.74) is 0.577. The number of benzene rings is 1. The summed E-state index contributed by atoms with van der Waals surface area (Å²) < 4.78 is 6.08. The lowest BCUT2D eigenvalue weighted by Crippen LogP contribution is -2.30. The van der Waals surface area contributed by atoms with Gasteiger partial charge >= 0.3 is 0 Å². The highest BCUT2D eigenvalue weighted by molar-refractivity contribution is 7.21. The number of carbonyl (C=O) groups excluding carboxylic acids is 1. The van der Waals surface area contributed by atoms with Crippen LogP contribution in [-0.2, 0) is 0 Å². The summed E-state index contributed by atoms with van der Waals surface area (Å²) in [5, 5.41) is 1.45. The molecule has 2 heterocycles. The molecule has 0 bridgehead atoms. The Morgan fingerprint density at radius 3 is 2.62 bits per heavy atom. The SMILES string of the molecule is CC(Oc1c(C(=O)c2ccc(Cl)cc2)sc2ncccc12)N(C)C. The third-order valence-corrected chi connectivity index (χ3v) is 5.09. The Bertz CT molecular complexity index is 874. The number of halogens is 1. The van der Waals surface area contributed by atoms with Gasteiger partial charge in [0.05, 0.1) is 5.39 Å². The summed E-state index contributed by atoms with van der Waals surface area (Å²) in [6, 6.07) is 10.6. The minimum atomic E-state index is -0.167. The zero-order valence-corrected chi connectivity index (χ0v) is 15.2. The lowest BCUT2D eigenvalue weighted by atomic mass is 10.1. The fraction of sp³-hybridized carbons (Fsp3) is 0.222. The van der Waals surface area contributed by atoms with Crippen molar-refractivity contribution in [1.29, 1.82) is 0 Å². The van der Waals surface area contributed by atoms with Crippen molar-refractivity contribution in [3.8, 4) is 5.75 Å². The van der Waals surface area contributed by atoms with Gasteiger partial charge < -0.3 is 4.74 Å². The van der Waals surface area contributed by atoms with E-state index in [4.69, 9.17) is 16.3 Å². The second kappa shape index (κ2) is 6.89. The standard InChI is InChI=1S/C18H17ClN2O2S/c1-11(21(2)3)23-16-14-5-4-10-20-18(14)24-17(16)15(22)12-6-8-13(19)9-7-12/h4-11H,1-3H3. The fourth-order valence-corrected chi connectivity index (χ4v) is 3.35. The molecular formula is C18H17ClN2O2S. The van der Waals surface area contributed by atoms with E-state index in [0.29, 0.717) is 21.2 Å². The maximum Gasteiger partial charge on any atom is 0.206 e. The van der Waals surface area contributed by atoms with Gasteiger partial charge in [-0.3, -0.25) is 9.69 Å². The van der Waals surface area contributed by atoms with Crippen molar-refractivity contribution in [1.82, 2.24) is 9.88 Å². The molecular weight excluding hydrogens is 344 g/mol. The van der Waals surface area contributed by atoms with Crippen molar-refractivity contribution in [2.75, 3.05) is 14.1 Å². The highest BCUT2D eigenvalue weighted by atomic mass is 35.5. The van der Waals surface area contributed by atoms with Crippen molar-refractivity contribution in [2.24, 2.45) is 0 Å². The molecule has 0 fully saturated rings. The number of fused-ring (bicyclic) bond motifs is 1. The van der Waals surface area contributed by atoms with Crippen LogP contribution in [0.2, 0.25) is 5.02 Å². The van der Waals surface area contributed by atoms with Crippen LogP contribution < -0.4 is 4.74 Å². The molecule has 2 aromatic heterocycles.